The Balaban J connectivity index is 1.36. The molecule has 0 radical (unpaired) electrons. The van der Waals surface area contributed by atoms with Crippen LogP contribution in [0.15, 0.2) is 53.0 Å². The third kappa shape index (κ3) is 4.86. The fraction of sp³-hybridized carbons (Fsp3) is 0.227. The molecule has 5 nitrogen and oxygen atoms in total. The van der Waals surface area contributed by atoms with Crippen molar-refractivity contribution in [2.45, 2.75) is 31.4 Å². The molecule has 154 valence electrons. The average Bonchev–Trinajstić information content (AvgIpc) is 3.35. The van der Waals surface area contributed by atoms with Crippen LogP contribution in [0.1, 0.15) is 22.6 Å². The molecule has 2 aromatic carbocycles. The van der Waals surface area contributed by atoms with Crippen LogP contribution in [0.5, 0.6) is 5.75 Å². The molecule has 0 aliphatic heterocycles. The van der Waals surface area contributed by atoms with E-state index >= 15 is 0 Å². The zero-order valence-electron chi connectivity index (χ0n) is 16.9. The Hall–Kier alpha value is -2.35. The summed E-state index contributed by atoms with van der Waals surface area (Å²) in [5.74, 6) is 2.27. The van der Waals surface area contributed by atoms with Crippen molar-refractivity contribution in [1.29, 1.82) is 0 Å². The van der Waals surface area contributed by atoms with Crippen molar-refractivity contribution in [3.05, 3.63) is 75.5 Å². The smallest absolute Gasteiger partial charge is 0.191 e. The molecule has 0 atom stereocenters. The summed E-state index contributed by atoms with van der Waals surface area (Å²) in [5.41, 5.74) is 4.42. The molecule has 0 fully saturated rings. The van der Waals surface area contributed by atoms with Gasteiger partial charge >= 0.3 is 0 Å². The van der Waals surface area contributed by atoms with Gasteiger partial charge in [0.25, 0.3) is 0 Å². The van der Waals surface area contributed by atoms with E-state index in [0.29, 0.717) is 6.61 Å². The quantitative estimate of drug-likeness (QED) is 0.315. The average molecular weight is 457 g/mol. The maximum atomic E-state index is 6.06. The maximum Gasteiger partial charge on any atom is 0.191 e. The number of hydrogen-bond acceptors (Lipinski definition) is 6. The Kier molecular flexibility index (Phi) is 6.41. The van der Waals surface area contributed by atoms with Crippen LogP contribution < -0.4 is 4.74 Å². The number of thioether (sulfide) groups is 1. The van der Waals surface area contributed by atoms with Crippen LogP contribution in [0.3, 0.4) is 0 Å². The first-order chi connectivity index (χ1) is 14.5. The van der Waals surface area contributed by atoms with Crippen LogP contribution in [-0.4, -0.2) is 19.7 Å². The van der Waals surface area contributed by atoms with Gasteiger partial charge in [0.1, 0.15) is 17.4 Å². The van der Waals surface area contributed by atoms with Crippen LogP contribution in [0.2, 0.25) is 5.02 Å². The van der Waals surface area contributed by atoms with E-state index in [-0.39, 0.29) is 0 Å². The van der Waals surface area contributed by atoms with Gasteiger partial charge in [0.15, 0.2) is 11.0 Å². The molecule has 0 saturated heterocycles. The van der Waals surface area contributed by atoms with Crippen LogP contribution in [-0.2, 0) is 19.4 Å². The lowest BCUT2D eigenvalue weighted by atomic mass is 10.2. The lowest BCUT2D eigenvalue weighted by Gasteiger charge is -2.07. The number of halogens is 1. The topological polar surface area (TPSA) is 52.8 Å². The summed E-state index contributed by atoms with van der Waals surface area (Å²) in [6.07, 6.45) is 0. The molecule has 4 aromatic rings. The summed E-state index contributed by atoms with van der Waals surface area (Å²) in [5, 5.41) is 13.3. The van der Waals surface area contributed by atoms with Gasteiger partial charge in [-0.2, -0.15) is 0 Å². The summed E-state index contributed by atoms with van der Waals surface area (Å²) in [4.78, 5) is 4.76. The number of aromatic nitrogens is 4. The molecule has 0 spiro atoms. The SMILES string of the molecule is Cc1ccc(-c2nc(CSc3nnc(COc4ccc(Cl)c(C)c4)n3C)cs2)cc1. The Labute approximate surface area is 189 Å². The first-order valence-corrected chi connectivity index (χ1v) is 11.7. The first-order valence-electron chi connectivity index (χ1n) is 9.41. The van der Waals surface area contributed by atoms with Crippen molar-refractivity contribution in [3.8, 4) is 16.3 Å². The monoisotopic (exact) mass is 456 g/mol. The molecule has 0 amide bonds. The lowest BCUT2D eigenvalue weighted by Crippen LogP contribution is -2.04. The number of aryl methyl sites for hydroxylation is 2. The van der Waals surface area contributed by atoms with Crippen molar-refractivity contribution in [2.24, 2.45) is 7.05 Å². The zero-order chi connectivity index (χ0) is 21.1. The zero-order valence-corrected chi connectivity index (χ0v) is 19.3. The number of benzene rings is 2. The Morgan fingerprint density at radius 2 is 1.90 bits per heavy atom. The highest BCUT2D eigenvalue weighted by atomic mass is 35.5. The molecular formula is C22H21ClN4OS2. The van der Waals surface area contributed by atoms with Crippen LogP contribution in [0.25, 0.3) is 10.6 Å². The number of hydrogen-bond donors (Lipinski definition) is 0. The van der Waals surface area contributed by atoms with E-state index in [9.17, 15) is 0 Å². The van der Waals surface area contributed by atoms with Crippen molar-refractivity contribution in [3.63, 3.8) is 0 Å². The van der Waals surface area contributed by atoms with E-state index in [2.05, 4.69) is 46.8 Å². The predicted octanol–water partition coefficient (Wildman–Crippen LogP) is 6.08. The molecular weight excluding hydrogens is 436 g/mol. The highest BCUT2D eigenvalue weighted by molar-refractivity contribution is 7.98. The molecule has 8 heteroatoms. The summed E-state index contributed by atoms with van der Waals surface area (Å²) < 4.78 is 7.80. The van der Waals surface area contributed by atoms with E-state index in [1.165, 1.54) is 5.56 Å². The molecule has 0 bridgehead atoms. The molecule has 4 rings (SSSR count). The van der Waals surface area contributed by atoms with Crippen molar-refractivity contribution >= 4 is 34.7 Å². The van der Waals surface area contributed by atoms with Crippen molar-refractivity contribution in [1.82, 2.24) is 19.7 Å². The van der Waals surface area contributed by atoms with E-state index in [4.69, 9.17) is 21.3 Å². The van der Waals surface area contributed by atoms with E-state index in [0.717, 1.165) is 49.3 Å². The summed E-state index contributed by atoms with van der Waals surface area (Å²) in [7, 11) is 1.95. The van der Waals surface area contributed by atoms with Gasteiger partial charge in [-0.15, -0.1) is 21.5 Å². The van der Waals surface area contributed by atoms with Gasteiger partial charge in [-0.05, 0) is 37.6 Å². The molecule has 2 aromatic heterocycles. The summed E-state index contributed by atoms with van der Waals surface area (Å²) >= 11 is 9.35. The van der Waals surface area contributed by atoms with Crippen LogP contribution >= 0.6 is 34.7 Å². The molecule has 2 heterocycles. The number of ether oxygens (including phenoxy) is 1. The second kappa shape index (κ2) is 9.20. The highest BCUT2D eigenvalue weighted by Gasteiger charge is 2.12. The second-order valence-corrected chi connectivity index (χ2v) is 9.16. The lowest BCUT2D eigenvalue weighted by molar-refractivity contribution is 0.290. The standard InChI is InChI=1S/C22H21ClN4OS2/c1-14-4-6-16(7-5-14)21-24-17(12-29-21)13-30-22-26-25-20(27(22)3)11-28-18-8-9-19(23)15(2)10-18/h4-10,12H,11,13H2,1-3H3. The predicted molar refractivity (Wildman–Crippen MR) is 123 cm³/mol. The third-order valence-corrected chi connectivity index (χ3v) is 7.04. The fourth-order valence-corrected chi connectivity index (χ4v) is 4.66. The van der Waals surface area contributed by atoms with Gasteiger partial charge in [-0.1, -0.05) is 53.2 Å². The van der Waals surface area contributed by atoms with Crippen LogP contribution in [0, 0.1) is 13.8 Å². The minimum atomic E-state index is 0.347. The molecule has 30 heavy (non-hydrogen) atoms. The van der Waals surface area contributed by atoms with E-state index in [1.807, 2.05) is 36.7 Å². The van der Waals surface area contributed by atoms with Gasteiger partial charge in [0.2, 0.25) is 0 Å². The Morgan fingerprint density at radius 1 is 1.10 bits per heavy atom. The van der Waals surface area contributed by atoms with Crippen molar-refractivity contribution < 1.29 is 4.74 Å². The molecule has 0 unspecified atom stereocenters. The van der Waals surface area contributed by atoms with Crippen LogP contribution in [0.4, 0.5) is 0 Å². The van der Waals surface area contributed by atoms with Gasteiger partial charge in [0.05, 0.1) is 5.69 Å². The van der Waals surface area contributed by atoms with Crippen molar-refractivity contribution in [2.75, 3.05) is 0 Å². The highest BCUT2D eigenvalue weighted by Crippen LogP contribution is 2.28. The van der Waals surface area contributed by atoms with E-state index in [1.54, 1.807) is 23.1 Å². The maximum absolute atomic E-state index is 6.06. The largest absolute Gasteiger partial charge is 0.486 e. The van der Waals surface area contributed by atoms with Gasteiger partial charge < -0.3 is 9.30 Å². The minimum Gasteiger partial charge on any atom is -0.486 e. The minimum absolute atomic E-state index is 0.347. The van der Waals surface area contributed by atoms with E-state index < -0.39 is 0 Å². The first kappa shape index (κ1) is 20.9. The number of rotatable bonds is 7. The number of thiazole rings is 1. The Morgan fingerprint density at radius 3 is 2.67 bits per heavy atom. The number of nitrogens with zero attached hydrogens (tertiary/aromatic N) is 4. The summed E-state index contributed by atoms with van der Waals surface area (Å²) in [6, 6.07) is 14.1. The molecule has 0 saturated carbocycles. The second-order valence-electron chi connectivity index (χ2n) is 6.96. The normalized spacial score (nSPS) is 11.1. The van der Waals surface area contributed by atoms with Gasteiger partial charge in [0, 0.05) is 28.8 Å². The molecule has 0 aliphatic carbocycles. The fourth-order valence-electron chi connectivity index (χ4n) is 2.79. The van der Waals surface area contributed by atoms with Gasteiger partial charge in [-0.3, -0.25) is 0 Å². The van der Waals surface area contributed by atoms with Gasteiger partial charge in [-0.25, -0.2) is 4.98 Å². The third-order valence-electron chi connectivity index (χ3n) is 4.62. The molecule has 0 aliphatic rings. The molecule has 0 N–H and O–H groups in total. The Bertz CT molecular complexity index is 1150. The summed E-state index contributed by atoms with van der Waals surface area (Å²) in [6.45, 7) is 4.39.